The fraction of sp³-hybridized carbons (Fsp3) is 0.391. The molecule has 0 bridgehead atoms. The van der Waals surface area contributed by atoms with Gasteiger partial charge in [-0.15, -0.1) is 0 Å². The number of benzene rings is 2. The maximum atomic E-state index is 10.3. The molecule has 0 aliphatic carbocycles. The van der Waals surface area contributed by atoms with E-state index in [0.29, 0.717) is 19.1 Å². The minimum absolute atomic E-state index is 0.280. The van der Waals surface area contributed by atoms with Gasteiger partial charge in [0.15, 0.2) is 0 Å². The highest BCUT2D eigenvalue weighted by Crippen LogP contribution is 2.25. The molecule has 2 rings (SSSR count). The SMILES string of the molecule is C=CCOc1ccc(CN(C)CC(O)COc2ccccc2C(C)C)cc1. The lowest BCUT2D eigenvalue weighted by molar-refractivity contribution is 0.0739. The molecule has 0 radical (unpaired) electrons. The number of hydrogen-bond acceptors (Lipinski definition) is 4. The summed E-state index contributed by atoms with van der Waals surface area (Å²) in [7, 11) is 1.99. The molecular formula is C23H31NO3. The van der Waals surface area contributed by atoms with Crippen molar-refractivity contribution < 1.29 is 14.6 Å². The summed E-state index contributed by atoms with van der Waals surface area (Å²) in [6, 6.07) is 16.0. The van der Waals surface area contributed by atoms with Crippen LogP contribution in [0.4, 0.5) is 0 Å². The van der Waals surface area contributed by atoms with Gasteiger partial charge in [-0.1, -0.05) is 56.8 Å². The lowest BCUT2D eigenvalue weighted by Gasteiger charge is -2.22. The molecular weight excluding hydrogens is 338 g/mol. The van der Waals surface area contributed by atoms with E-state index in [2.05, 4.69) is 31.4 Å². The van der Waals surface area contributed by atoms with E-state index in [4.69, 9.17) is 9.47 Å². The van der Waals surface area contributed by atoms with Crippen LogP contribution in [0, 0.1) is 0 Å². The van der Waals surface area contributed by atoms with E-state index in [0.717, 1.165) is 23.6 Å². The van der Waals surface area contributed by atoms with Crippen molar-refractivity contribution in [2.75, 3.05) is 26.8 Å². The Balaban J connectivity index is 1.80. The van der Waals surface area contributed by atoms with Crippen molar-refractivity contribution in [3.8, 4) is 11.5 Å². The lowest BCUT2D eigenvalue weighted by Crippen LogP contribution is -2.32. The maximum Gasteiger partial charge on any atom is 0.122 e. The van der Waals surface area contributed by atoms with Gasteiger partial charge < -0.3 is 14.6 Å². The number of para-hydroxylation sites is 1. The Hall–Kier alpha value is -2.30. The second-order valence-electron chi connectivity index (χ2n) is 7.10. The third-order valence-electron chi connectivity index (χ3n) is 4.24. The monoisotopic (exact) mass is 369 g/mol. The van der Waals surface area contributed by atoms with E-state index in [1.165, 1.54) is 5.56 Å². The summed E-state index contributed by atoms with van der Waals surface area (Å²) in [4.78, 5) is 2.09. The van der Waals surface area contributed by atoms with Gasteiger partial charge in [-0.3, -0.25) is 4.90 Å². The third-order valence-corrected chi connectivity index (χ3v) is 4.24. The summed E-state index contributed by atoms with van der Waals surface area (Å²) in [5.74, 6) is 2.07. The van der Waals surface area contributed by atoms with Crippen LogP contribution in [-0.2, 0) is 6.54 Å². The summed E-state index contributed by atoms with van der Waals surface area (Å²) in [6.45, 7) is 10.00. The van der Waals surface area contributed by atoms with Crippen molar-refractivity contribution in [3.63, 3.8) is 0 Å². The van der Waals surface area contributed by atoms with Crippen LogP contribution in [0.3, 0.4) is 0 Å². The first-order valence-corrected chi connectivity index (χ1v) is 9.40. The van der Waals surface area contributed by atoms with E-state index in [-0.39, 0.29) is 6.61 Å². The normalized spacial score (nSPS) is 12.2. The first-order valence-electron chi connectivity index (χ1n) is 9.40. The second kappa shape index (κ2) is 10.8. The van der Waals surface area contributed by atoms with Gasteiger partial charge in [0.1, 0.15) is 30.8 Å². The molecule has 0 spiro atoms. The Labute approximate surface area is 163 Å². The van der Waals surface area contributed by atoms with Crippen molar-refractivity contribution in [2.24, 2.45) is 0 Å². The smallest absolute Gasteiger partial charge is 0.122 e. The highest BCUT2D eigenvalue weighted by atomic mass is 16.5. The van der Waals surface area contributed by atoms with Crippen molar-refractivity contribution in [3.05, 3.63) is 72.3 Å². The van der Waals surface area contributed by atoms with Crippen LogP contribution in [0.25, 0.3) is 0 Å². The summed E-state index contributed by atoms with van der Waals surface area (Å²) < 4.78 is 11.4. The third kappa shape index (κ3) is 7.08. The van der Waals surface area contributed by atoms with Crippen LogP contribution in [0.15, 0.2) is 61.2 Å². The van der Waals surface area contributed by atoms with Crippen LogP contribution in [0.2, 0.25) is 0 Å². The highest BCUT2D eigenvalue weighted by Gasteiger charge is 2.12. The van der Waals surface area contributed by atoms with E-state index in [1.54, 1.807) is 6.08 Å². The van der Waals surface area contributed by atoms with Gasteiger partial charge >= 0.3 is 0 Å². The largest absolute Gasteiger partial charge is 0.491 e. The average Bonchev–Trinajstić information content (AvgIpc) is 2.66. The van der Waals surface area contributed by atoms with E-state index < -0.39 is 6.10 Å². The lowest BCUT2D eigenvalue weighted by atomic mass is 10.0. The zero-order chi connectivity index (χ0) is 19.6. The molecule has 0 amide bonds. The maximum absolute atomic E-state index is 10.3. The minimum atomic E-state index is -0.551. The van der Waals surface area contributed by atoms with Crippen LogP contribution in [-0.4, -0.2) is 42.9 Å². The molecule has 0 aliphatic heterocycles. The second-order valence-corrected chi connectivity index (χ2v) is 7.10. The molecule has 27 heavy (non-hydrogen) atoms. The number of aliphatic hydroxyl groups excluding tert-OH is 1. The van der Waals surface area contributed by atoms with Gasteiger partial charge in [0.05, 0.1) is 0 Å². The van der Waals surface area contributed by atoms with Gasteiger partial charge in [-0.2, -0.15) is 0 Å². The zero-order valence-electron chi connectivity index (χ0n) is 16.6. The number of likely N-dealkylation sites (N-methyl/N-ethyl adjacent to an activating group) is 1. The molecule has 2 aromatic rings. The van der Waals surface area contributed by atoms with Crippen molar-refractivity contribution in [1.29, 1.82) is 0 Å². The Morgan fingerprint density at radius 1 is 1.07 bits per heavy atom. The molecule has 146 valence electrons. The van der Waals surface area contributed by atoms with Crippen molar-refractivity contribution >= 4 is 0 Å². The molecule has 1 unspecified atom stereocenters. The summed E-state index contributed by atoms with van der Waals surface area (Å²) >= 11 is 0. The molecule has 0 heterocycles. The molecule has 4 nitrogen and oxygen atoms in total. The summed E-state index contributed by atoms with van der Waals surface area (Å²) in [5.41, 5.74) is 2.33. The Bertz CT molecular complexity index is 697. The molecule has 2 aromatic carbocycles. The highest BCUT2D eigenvalue weighted by molar-refractivity contribution is 5.35. The van der Waals surface area contributed by atoms with Crippen molar-refractivity contribution in [1.82, 2.24) is 4.90 Å². The standard InChI is InChI=1S/C23H31NO3/c1-5-14-26-21-12-10-19(11-13-21)15-24(4)16-20(25)17-27-23-9-7-6-8-22(23)18(2)3/h5-13,18,20,25H,1,14-17H2,2-4H3. The Morgan fingerprint density at radius 2 is 1.78 bits per heavy atom. The zero-order valence-corrected chi connectivity index (χ0v) is 16.6. The first-order chi connectivity index (χ1) is 13.0. The Morgan fingerprint density at radius 3 is 2.44 bits per heavy atom. The minimum Gasteiger partial charge on any atom is -0.491 e. The van der Waals surface area contributed by atoms with Gasteiger partial charge in [-0.05, 0) is 42.3 Å². The molecule has 0 saturated carbocycles. The van der Waals surface area contributed by atoms with Gasteiger partial charge in [0.25, 0.3) is 0 Å². The summed E-state index contributed by atoms with van der Waals surface area (Å²) in [5, 5.41) is 10.3. The topological polar surface area (TPSA) is 41.9 Å². The number of nitrogens with zero attached hydrogens (tertiary/aromatic N) is 1. The fourth-order valence-corrected chi connectivity index (χ4v) is 2.91. The molecule has 1 atom stereocenters. The quantitative estimate of drug-likeness (QED) is 0.602. The predicted octanol–water partition coefficient (Wildman–Crippen LogP) is 4.25. The Kier molecular flexibility index (Phi) is 8.37. The predicted molar refractivity (Wildman–Crippen MR) is 111 cm³/mol. The molecule has 0 saturated heterocycles. The van der Waals surface area contributed by atoms with Crippen LogP contribution in [0.5, 0.6) is 11.5 Å². The van der Waals surface area contributed by atoms with E-state index in [1.807, 2.05) is 49.5 Å². The first kappa shape index (κ1) is 21.0. The number of aliphatic hydroxyl groups is 1. The molecule has 0 fully saturated rings. The average molecular weight is 370 g/mol. The molecule has 4 heteroatoms. The molecule has 1 N–H and O–H groups in total. The van der Waals surface area contributed by atoms with Gasteiger partial charge in [0, 0.05) is 13.1 Å². The van der Waals surface area contributed by atoms with Crippen LogP contribution < -0.4 is 9.47 Å². The van der Waals surface area contributed by atoms with Crippen LogP contribution >= 0.6 is 0 Å². The van der Waals surface area contributed by atoms with Gasteiger partial charge in [-0.25, -0.2) is 0 Å². The van der Waals surface area contributed by atoms with E-state index in [9.17, 15) is 5.11 Å². The molecule has 0 aliphatic rings. The van der Waals surface area contributed by atoms with E-state index >= 15 is 0 Å². The number of hydrogen-bond donors (Lipinski definition) is 1. The fourth-order valence-electron chi connectivity index (χ4n) is 2.91. The molecule has 0 aromatic heterocycles. The summed E-state index contributed by atoms with van der Waals surface area (Å²) in [6.07, 6.45) is 1.18. The van der Waals surface area contributed by atoms with Crippen LogP contribution in [0.1, 0.15) is 30.9 Å². The number of ether oxygens (including phenoxy) is 2. The van der Waals surface area contributed by atoms with Gasteiger partial charge in [0.2, 0.25) is 0 Å². The van der Waals surface area contributed by atoms with Crippen molar-refractivity contribution in [2.45, 2.75) is 32.4 Å². The number of rotatable bonds is 11.